The number of benzene rings is 1. The van der Waals surface area contributed by atoms with E-state index in [1.807, 2.05) is 6.21 Å². The normalized spacial score (nSPS) is 16.6. The third kappa shape index (κ3) is 7.85. The number of likely N-dealkylation sites (tertiary alicyclic amines) is 1. The molecular formula is C28H40Cl2N4O3S. The lowest BCUT2D eigenvalue weighted by molar-refractivity contribution is 0.173. The molecule has 1 saturated heterocycles. The maximum absolute atomic E-state index is 6.18. The summed E-state index contributed by atoms with van der Waals surface area (Å²) in [5.74, 6) is 2.40. The molecule has 210 valence electrons. The molecule has 1 saturated carbocycles. The summed E-state index contributed by atoms with van der Waals surface area (Å²) in [7, 11) is 5.75. The number of rotatable bonds is 12. The molecule has 0 N–H and O–H groups in total. The molecule has 0 spiro atoms. The Morgan fingerprint density at radius 3 is 2.63 bits per heavy atom. The summed E-state index contributed by atoms with van der Waals surface area (Å²) in [5.41, 5.74) is 4.26. The van der Waals surface area contributed by atoms with E-state index in [0.717, 1.165) is 91.0 Å². The van der Waals surface area contributed by atoms with Gasteiger partial charge in [-0.2, -0.15) is 0 Å². The summed E-state index contributed by atoms with van der Waals surface area (Å²) >= 11 is 1.80. The van der Waals surface area contributed by atoms with E-state index < -0.39 is 0 Å². The zero-order chi connectivity index (χ0) is 24.9. The topological polar surface area (TPSA) is 63.3 Å². The van der Waals surface area contributed by atoms with Crippen LogP contribution in [0.2, 0.25) is 0 Å². The van der Waals surface area contributed by atoms with Crippen molar-refractivity contribution in [3.63, 3.8) is 0 Å². The largest absolute Gasteiger partial charge is 0.493 e. The highest BCUT2D eigenvalue weighted by molar-refractivity contribution is 7.10. The first-order chi connectivity index (χ1) is 17.6. The van der Waals surface area contributed by atoms with E-state index >= 15 is 0 Å². The van der Waals surface area contributed by atoms with Gasteiger partial charge in [0, 0.05) is 28.9 Å². The molecule has 0 bridgehead atoms. The van der Waals surface area contributed by atoms with Gasteiger partial charge in [0.1, 0.15) is 12.9 Å². The van der Waals surface area contributed by atoms with Crippen molar-refractivity contribution in [2.24, 2.45) is 17.0 Å². The monoisotopic (exact) mass is 582 g/mol. The average molecular weight is 584 g/mol. The van der Waals surface area contributed by atoms with E-state index in [1.165, 1.54) is 30.6 Å². The number of aryl methyl sites for hydroxylation is 1. The number of fused-ring (bicyclic) bond motifs is 1. The van der Waals surface area contributed by atoms with Gasteiger partial charge in [-0.1, -0.05) is 10.3 Å². The minimum Gasteiger partial charge on any atom is -0.493 e. The average Bonchev–Trinajstić information content (AvgIpc) is 3.45. The molecule has 5 rings (SSSR count). The van der Waals surface area contributed by atoms with Crippen molar-refractivity contribution >= 4 is 53.3 Å². The van der Waals surface area contributed by atoms with E-state index in [2.05, 4.69) is 57.8 Å². The van der Waals surface area contributed by atoms with Crippen molar-refractivity contribution in [3.8, 4) is 5.75 Å². The summed E-state index contributed by atoms with van der Waals surface area (Å²) in [6.07, 6.45) is 8.96. The van der Waals surface area contributed by atoms with Crippen molar-refractivity contribution in [1.29, 1.82) is 0 Å². The van der Waals surface area contributed by atoms with Gasteiger partial charge in [0.2, 0.25) is 0 Å². The second-order valence-electron chi connectivity index (χ2n) is 10.5. The van der Waals surface area contributed by atoms with Crippen LogP contribution in [0.25, 0.3) is 11.0 Å². The molecule has 1 aromatic carbocycles. The zero-order valence-electron chi connectivity index (χ0n) is 22.6. The van der Waals surface area contributed by atoms with Crippen molar-refractivity contribution < 1.29 is 14.1 Å². The number of ether oxygens (including phenoxy) is 1. The van der Waals surface area contributed by atoms with Gasteiger partial charge in [0.25, 0.3) is 0 Å². The van der Waals surface area contributed by atoms with Crippen LogP contribution < -0.4 is 4.74 Å². The zero-order valence-corrected chi connectivity index (χ0v) is 25.0. The molecule has 3 aromatic rings. The van der Waals surface area contributed by atoms with Crippen molar-refractivity contribution in [2.75, 3.05) is 40.9 Å². The van der Waals surface area contributed by atoms with E-state index in [0.29, 0.717) is 0 Å². The minimum atomic E-state index is 0. The third-order valence-corrected chi connectivity index (χ3v) is 8.28. The standard InChI is InChI=1S/C28H38N4O3S.2ClH/c1-31(2)17-24-26(34-19-21-4-5-21)9-7-23-25(30-35-28(23)24)8-6-20-10-13-32(14-11-20)18-27-22(12-15-36-27)16-29-33-3;;/h7,9,12,15-16,20-21H,4-6,8,10-11,13-14,17-19H2,1-3H3;2*1H/b29-16-;;. The molecule has 0 radical (unpaired) electrons. The molecule has 1 aliphatic carbocycles. The molecule has 2 aliphatic rings. The summed E-state index contributed by atoms with van der Waals surface area (Å²) in [6, 6.07) is 6.39. The second kappa shape index (κ2) is 14.5. The van der Waals surface area contributed by atoms with Crippen LogP contribution in [-0.2, 0) is 24.3 Å². The Morgan fingerprint density at radius 1 is 1.13 bits per heavy atom. The molecule has 7 nitrogen and oxygen atoms in total. The molecule has 2 fully saturated rings. The van der Waals surface area contributed by atoms with Crippen LogP contribution in [0.15, 0.2) is 33.3 Å². The first-order valence-electron chi connectivity index (χ1n) is 13.1. The SMILES string of the molecule is CO/N=C\c1ccsc1CN1CCC(CCc2noc3c(CN(C)C)c(OCC4CC4)ccc23)CC1.Cl.Cl. The Morgan fingerprint density at radius 2 is 1.92 bits per heavy atom. The maximum Gasteiger partial charge on any atom is 0.175 e. The van der Waals surface area contributed by atoms with E-state index in [9.17, 15) is 0 Å². The summed E-state index contributed by atoms with van der Waals surface area (Å²) in [6.45, 7) is 4.85. The molecule has 38 heavy (non-hydrogen) atoms. The number of halogens is 2. The van der Waals surface area contributed by atoms with Crippen LogP contribution in [-0.4, -0.2) is 62.1 Å². The lowest BCUT2D eigenvalue weighted by Crippen LogP contribution is -2.33. The van der Waals surface area contributed by atoms with Gasteiger partial charge in [0.05, 0.1) is 24.1 Å². The van der Waals surface area contributed by atoms with Crippen molar-refractivity contribution in [1.82, 2.24) is 15.0 Å². The molecule has 2 aromatic heterocycles. The van der Waals surface area contributed by atoms with Crippen LogP contribution in [0, 0.1) is 11.8 Å². The van der Waals surface area contributed by atoms with Crippen LogP contribution in [0.4, 0.5) is 0 Å². The molecule has 1 aliphatic heterocycles. The lowest BCUT2D eigenvalue weighted by atomic mass is 9.91. The van der Waals surface area contributed by atoms with Crippen LogP contribution in [0.5, 0.6) is 5.75 Å². The predicted molar refractivity (Wildman–Crippen MR) is 159 cm³/mol. The van der Waals surface area contributed by atoms with Crippen molar-refractivity contribution in [3.05, 3.63) is 45.3 Å². The van der Waals surface area contributed by atoms with Gasteiger partial charge in [-0.05, 0) is 101 Å². The van der Waals surface area contributed by atoms with Crippen LogP contribution in [0.3, 0.4) is 0 Å². The van der Waals surface area contributed by atoms with Gasteiger partial charge >= 0.3 is 0 Å². The van der Waals surface area contributed by atoms with E-state index in [1.54, 1.807) is 18.4 Å². The fourth-order valence-corrected chi connectivity index (χ4v) is 5.94. The maximum atomic E-state index is 6.18. The van der Waals surface area contributed by atoms with Gasteiger partial charge in [-0.3, -0.25) is 4.90 Å². The molecule has 0 amide bonds. The van der Waals surface area contributed by atoms with Crippen LogP contribution in [0.1, 0.15) is 53.8 Å². The number of aromatic nitrogens is 1. The highest BCUT2D eigenvalue weighted by Gasteiger charge is 2.25. The fraction of sp³-hybridized carbons (Fsp3) is 0.571. The molecule has 3 heterocycles. The van der Waals surface area contributed by atoms with Gasteiger partial charge in [0.15, 0.2) is 5.58 Å². The van der Waals surface area contributed by atoms with Crippen molar-refractivity contribution in [2.45, 2.75) is 51.6 Å². The molecule has 0 unspecified atom stereocenters. The number of thiophene rings is 1. The number of hydrogen-bond acceptors (Lipinski definition) is 8. The Labute approximate surface area is 242 Å². The number of hydrogen-bond donors (Lipinski definition) is 0. The second-order valence-corrected chi connectivity index (χ2v) is 11.5. The van der Waals surface area contributed by atoms with E-state index in [4.69, 9.17) is 14.1 Å². The highest BCUT2D eigenvalue weighted by Crippen LogP contribution is 2.35. The summed E-state index contributed by atoms with van der Waals surface area (Å²) in [5, 5.41) is 11.7. The smallest absolute Gasteiger partial charge is 0.175 e. The lowest BCUT2D eigenvalue weighted by Gasteiger charge is -2.31. The number of nitrogens with zero attached hydrogens (tertiary/aromatic N) is 4. The van der Waals surface area contributed by atoms with Gasteiger partial charge in [-0.15, -0.1) is 36.2 Å². The number of oxime groups is 1. The summed E-state index contributed by atoms with van der Waals surface area (Å²) < 4.78 is 12.1. The Hall–Kier alpha value is -1.84. The first-order valence-corrected chi connectivity index (χ1v) is 14.0. The Balaban J connectivity index is 0.00000200. The first kappa shape index (κ1) is 30.7. The minimum absolute atomic E-state index is 0. The van der Waals surface area contributed by atoms with Gasteiger partial charge in [-0.25, -0.2) is 0 Å². The molecule has 10 heteroatoms. The number of piperidine rings is 1. The quantitative estimate of drug-likeness (QED) is 0.182. The third-order valence-electron chi connectivity index (χ3n) is 7.36. The summed E-state index contributed by atoms with van der Waals surface area (Å²) in [4.78, 5) is 10.9. The van der Waals surface area contributed by atoms with Gasteiger partial charge < -0.3 is 19.0 Å². The fourth-order valence-electron chi connectivity index (χ4n) is 5.05. The molecular weight excluding hydrogens is 543 g/mol. The Bertz CT molecular complexity index is 1170. The highest BCUT2D eigenvalue weighted by atomic mass is 35.5. The van der Waals surface area contributed by atoms with E-state index in [-0.39, 0.29) is 24.8 Å². The predicted octanol–water partition coefficient (Wildman–Crippen LogP) is 6.41. The van der Waals surface area contributed by atoms with Crippen LogP contribution >= 0.6 is 36.2 Å². The molecule has 0 atom stereocenters. The Kier molecular flexibility index (Phi) is 11.7.